The Balaban J connectivity index is 2.11. The van der Waals surface area contributed by atoms with Gasteiger partial charge in [0, 0.05) is 16.8 Å². The number of aromatic nitrogens is 2. The molecule has 1 heterocycles. The fraction of sp³-hybridized carbons (Fsp3) is 0. The largest absolute Gasteiger partial charge is 0.398 e. The summed E-state index contributed by atoms with van der Waals surface area (Å²) in [6.07, 6.45) is 0. The number of benzene rings is 3. The van der Waals surface area contributed by atoms with E-state index in [1.165, 1.54) is 0 Å². The lowest BCUT2D eigenvalue weighted by Crippen LogP contribution is -2.04. The quantitative estimate of drug-likeness (QED) is 0.301. The van der Waals surface area contributed by atoms with Crippen molar-refractivity contribution in [2.75, 3.05) is 17.2 Å². The molecule has 29 heavy (non-hydrogen) atoms. The van der Waals surface area contributed by atoms with Gasteiger partial charge in [0.25, 0.3) is 0 Å². The van der Waals surface area contributed by atoms with Gasteiger partial charge in [-0.05, 0) is 41.5 Å². The molecule has 9 heteroatoms. The first kappa shape index (κ1) is 19.9. The average Bonchev–Trinajstić information content (AvgIpc) is 2.68. The number of rotatable bonds is 2. The Bertz CT molecular complexity index is 1290. The van der Waals surface area contributed by atoms with Crippen LogP contribution in [0.25, 0.3) is 33.3 Å². The van der Waals surface area contributed by atoms with Gasteiger partial charge >= 0.3 is 0 Å². The van der Waals surface area contributed by atoms with Crippen LogP contribution >= 0.6 is 46.4 Å². The van der Waals surface area contributed by atoms with Crippen molar-refractivity contribution in [2.24, 2.45) is 0 Å². The number of fused-ring (bicyclic) bond motifs is 1. The van der Waals surface area contributed by atoms with E-state index in [0.717, 1.165) is 5.56 Å². The van der Waals surface area contributed by atoms with Gasteiger partial charge in [0.1, 0.15) is 5.52 Å². The van der Waals surface area contributed by atoms with Crippen molar-refractivity contribution in [1.29, 1.82) is 0 Å². The molecule has 0 atom stereocenters. The number of nitrogens with two attached hydrogens (primary N) is 3. The molecule has 5 nitrogen and oxygen atoms in total. The summed E-state index contributed by atoms with van der Waals surface area (Å²) >= 11 is 24.6. The zero-order valence-corrected chi connectivity index (χ0v) is 17.7. The Morgan fingerprint density at radius 3 is 1.79 bits per heavy atom. The predicted molar refractivity (Wildman–Crippen MR) is 124 cm³/mol. The lowest BCUT2D eigenvalue weighted by molar-refractivity contribution is 1.31. The van der Waals surface area contributed by atoms with Crippen molar-refractivity contribution >= 4 is 74.8 Å². The third kappa shape index (κ3) is 3.51. The van der Waals surface area contributed by atoms with Crippen LogP contribution in [0.15, 0.2) is 42.5 Å². The van der Waals surface area contributed by atoms with Gasteiger partial charge in [-0.3, -0.25) is 0 Å². The smallest absolute Gasteiger partial charge is 0.166 e. The number of nitrogens with zero attached hydrogens (tertiary/aromatic N) is 2. The monoisotopic (exact) mass is 463 g/mol. The van der Waals surface area contributed by atoms with Crippen molar-refractivity contribution in [2.45, 2.75) is 0 Å². The molecule has 0 radical (unpaired) electrons. The third-order valence-electron chi connectivity index (χ3n) is 4.49. The third-order valence-corrected chi connectivity index (χ3v) is 5.97. The molecule has 0 saturated heterocycles. The Labute approximate surface area is 186 Å². The second kappa shape index (κ2) is 7.43. The van der Waals surface area contributed by atoms with E-state index < -0.39 is 0 Å². The van der Waals surface area contributed by atoms with E-state index in [9.17, 15) is 0 Å². The fourth-order valence-corrected chi connectivity index (χ4v) is 3.68. The molecule has 0 unspecified atom stereocenters. The van der Waals surface area contributed by atoms with Crippen molar-refractivity contribution in [3.63, 3.8) is 0 Å². The van der Waals surface area contributed by atoms with Crippen LogP contribution in [0.2, 0.25) is 20.1 Å². The first-order valence-electron chi connectivity index (χ1n) is 8.32. The highest BCUT2D eigenvalue weighted by Gasteiger charge is 2.19. The van der Waals surface area contributed by atoms with Crippen LogP contribution in [-0.2, 0) is 0 Å². The van der Waals surface area contributed by atoms with Gasteiger partial charge in [0.2, 0.25) is 0 Å². The standard InChI is InChI=1S/C20H13Cl4N5/c21-11-3-1-8(5-13(11)23)10-7-15-18(29-20(27)19(26)28-15)16(17(10)25)9-2-4-12(22)14(24)6-9/h1-7H,25H2,(H2,26,28)(H2,27,29). The van der Waals surface area contributed by atoms with Gasteiger partial charge in [0.05, 0.1) is 25.6 Å². The van der Waals surface area contributed by atoms with Crippen molar-refractivity contribution in [3.8, 4) is 22.3 Å². The summed E-state index contributed by atoms with van der Waals surface area (Å²) in [5.41, 5.74) is 22.6. The number of hydrogen-bond donors (Lipinski definition) is 3. The number of nitrogen functional groups attached to an aromatic ring is 3. The molecule has 0 aliphatic heterocycles. The van der Waals surface area contributed by atoms with Gasteiger partial charge in [-0.25, -0.2) is 9.97 Å². The van der Waals surface area contributed by atoms with Gasteiger partial charge in [-0.15, -0.1) is 0 Å². The molecule has 146 valence electrons. The minimum atomic E-state index is 0.112. The van der Waals surface area contributed by atoms with Crippen LogP contribution in [0.3, 0.4) is 0 Å². The minimum Gasteiger partial charge on any atom is -0.398 e. The van der Waals surface area contributed by atoms with E-state index in [0.29, 0.717) is 53.5 Å². The Morgan fingerprint density at radius 2 is 1.17 bits per heavy atom. The highest BCUT2D eigenvalue weighted by molar-refractivity contribution is 6.42. The molecule has 0 amide bonds. The summed E-state index contributed by atoms with van der Waals surface area (Å²) in [5.74, 6) is 0.239. The molecule has 3 aromatic carbocycles. The summed E-state index contributed by atoms with van der Waals surface area (Å²) in [5, 5.41) is 1.65. The summed E-state index contributed by atoms with van der Waals surface area (Å²) < 4.78 is 0. The topological polar surface area (TPSA) is 104 Å². The van der Waals surface area contributed by atoms with Gasteiger partial charge < -0.3 is 17.2 Å². The molecular formula is C20H13Cl4N5. The van der Waals surface area contributed by atoms with Crippen LogP contribution in [0.1, 0.15) is 0 Å². The summed E-state index contributed by atoms with van der Waals surface area (Å²) in [7, 11) is 0. The molecule has 0 bridgehead atoms. The van der Waals surface area contributed by atoms with Crippen molar-refractivity contribution in [1.82, 2.24) is 9.97 Å². The van der Waals surface area contributed by atoms with Crippen LogP contribution < -0.4 is 17.2 Å². The molecule has 6 N–H and O–H groups in total. The molecule has 4 aromatic rings. The van der Waals surface area contributed by atoms with E-state index in [1.807, 2.05) is 6.07 Å². The zero-order valence-electron chi connectivity index (χ0n) is 14.7. The average molecular weight is 465 g/mol. The fourth-order valence-electron chi connectivity index (χ4n) is 3.08. The molecule has 0 aliphatic rings. The minimum absolute atomic E-state index is 0.112. The van der Waals surface area contributed by atoms with E-state index in [-0.39, 0.29) is 11.6 Å². The van der Waals surface area contributed by atoms with E-state index >= 15 is 0 Å². The highest BCUT2D eigenvalue weighted by atomic mass is 35.5. The molecular weight excluding hydrogens is 452 g/mol. The summed E-state index contributed by atoms with van der Waals surface area (Å²) in [6, 6.07) is 12.2. The molecule has 0 spiro atoms. The van der Waals surface area contributed by atoms with Crippen molar-refractivity contribution < 1.29 is 0 Å². The predicted octanol–water partition coefficient (Wildman–Crippen LogP) is 6.32. The van der Waals surface area contributed by atoms with Crippen LogP contribution in [0.5, 0.6) is 0 Å². The second-order valence-corrected chi connectivity index (χ2v) is 7.96. The number of halogens is 4. The molecule has 4 rings (SSSR count). The zero-order chi connectivity index (χ0) is 20.9. The van der Waals surface area contributed by atoms with E-state index in [2.05, 4.69) is 9.97 Å². The molecule has 0 aliphatic carbocycles. The summed E-state index contributed by atoms with van der Waals surface area (Å²) in [4.78, 5) is 8.80. The second-order valence-electron chi connectivity index (χ2n) is 6.33. The maximum atomic E-state index is 6.59. The highest BCUT2D eigenvalue weighted by Crippen LogP contribution is 2.42. The van der Waals surface area contributed by atoms with Crippen molar-refractivity contribution in [3.05, 3.63) is 62.6 Å². The first-order chi connectivity index (χ1) is 13.8. The molecule has 0 fully saturated rings. The Hall–Kier alpha value is -2.44. The van der Waals surface area contributed by atoms with Gasteiger partial charge in [-0.2, -0.15) is 0 Å². The number of anilines is 3. The van der Waals surface area contributed by atoms with Gasteiger partial charge in [-0.1, -0.05) is 58.5 Å². The lowest BCUT2D eigenvalue weighted by atomic mass is 9.94. The van der Waals surface area contributed by atoms with Gasteiger partial charge in [0.15, 0.2) is 11.6 Å². The van der Waals surface area contributed by atoms with Crippen LogP contribution in [0.4, 0.5) is 17.3 Å². The summed E-state index contributed by atoms with van der Waals surface area (Å²) in [6.45, 7) is 0. The maximum absolute atomic E-state index is 6.59. The van der Waals surface area contributed by atoms with E-state index in [4.69, 9.17) is 63.6 Å². The lowest BCUT2D eigenvalue weighted by Gasteiger charge is -2.16. The number of hydrogen-bond acceptors (Lipinski definition) is 5. The molecule has 1 aromatic heterocycles. The molecule has 0 saturated carbocycles. The first-order valence-corrected chi connectivity index (χ1v) is 9.83. The SMILES string of the molecule is Nc1nc2cc(-c3ccc(Cl)c(Cl)c3)c(N)c(-c3ccc(Cl)c(Cl)c3)c2nc1N. The maximum Gasteiger partial charge on any atom is 0.166 e. The van der Waals surface area contributed by atoms with Crippen LogP contribution in [-0.4, -0.2) is 9.97 Å². The van der Waals surface area contributed by atoms with E-state index in [1.54, 1.807) is 36.4 Å². The normalized spacial score (nSPS) is 11.2. The Morgan fingerprint density at radius 1 is 0.621 bits per heavy atom. The Kier molecular flexibility index (Phi) is 5.09. The van der Waals surface area contributed by atoms with Crippen LogP contribution in [0, 0.1) is 0 Å².